The Morgan fingerprint density at radius 1 is 1.04 bits per heavy atom. The lowest BCUT2D eigenvalue weighted by atomic mass is 9.99. The van der Waals surface area contributed by atoms with Gasteiger partial charge in [0.25, 0.3) is 0 Å². The number of benzene rings is 2. The first kappa shape index (κ1) is 19.8. The zero-order valence-electron chi connectivity index (χ0n) is 16.0. The molecule has 0 spiro atoms. The highest BCUT2D eigenvalue weighted by atomic mass is 16.4. The van der Waals surface area contributed by atoms with Crippen LogP contribution >= 0.6 is 0 Å². The second-order valence-corrected chi connectivity index (χ2v) is 7.28. The molecule has 2 aromatic rings. The lowest BCUT2D eigenvalue weighted by Gasteiger charge is -2.23. The third kappa shape index (κ3) is 4.12. The predicted molar refractivity (Wildman–Crippen MR) is 106 cm³/mol. The van der Waals surface area contributed by atoms with E-state index in [2.05, 4.69) is 5.32 Å². The van der Waals surface area contributed by atoms with Crippen LogP contribution in [0.3, 0.4) is 0 Å². The number of aliphatic carboxylic acids is 1. The Bertz CT molecular complexity index is 881. The molecule has 1 saturated heterocycles. The number of amides is 1. The average molecular weight is 380 g/mol. The molecule has 0 saturated carbocycles. The van der Waals surface area contributed by atoms with Crippen LogP contribution in [0.15, 0.2) is 54.6 Å². The van der Waals surface area contributed by atoms with Crippen LogP contribution in [0, 0.1) is 11.8 Å². The monoisotopic (exact) mass is 380 g/mol. The normalized spacial score (nSPS) is 20.5. The number of rotatable bonds is 6. The zero-order chi connectivity index (χ0) is 20.3. The summed E-state index contributed by atoms with van der Waals surface area (Å²) in [4.78, 5) is 38.8. The number of carbonyl (C=O) groups is 3. The number of carbonyl (C=O) groups excluding carboxylic acids is 2. The second kappa shape index (κ2) is 8.35. The van der Waals surface area contributed by atoms with Crippen LogP contribution in [0.4, 0.5) is 5.69 Å². The van der Waals surface area contributed by atoms with E-state index in [1.54, 1.807) is 55.5 Å². The number of hydrogen-bond acceptors (Lipinski definition) is 4. The van der Waals surface area contributed by atoms with E-state index >= 15 is 0 Å². The minimum Gasteiger partial charge on any atom is -0.481 e. The van der Waals surface area contributed by atoms with Gasteiger partial charge in [-0.05, 0) is 25.0 Å². The molecular weight excluding hydrogens is 356 g/mol. The van der Waals surface area contributed by atoms with Gasteiger partial charge in [0.15, 0.2) is 5.78 Å². The van der Waals surface area contributed by atoms with Crippen LogP contribution in [-0.4, -0.2) is 46.8 Å². The zero-order valence-corrected chi connectivity index (χ0v) is 16.0. The fraction of sp³-hybridized carbons (Fsp3) is 0.318. The van der Waals surface area contributed by atoms with Gasteiger partial charge in [0.05, 0.1) is 17.6 Å². The molecule has 0 bridgehead atoms. The molecule has 1 heterocycles. The fourth-order valence-electron chi connectivity index (χ4n) is 3.58. The number of carboxylic acids is 1. The van der Waals surface area contributed by atoms with Gasteiger partial charge >= 0.3 is 5.97 Å². The largest absolute Gasteiger partial charge is 0.481 e. The Hall–Kier alpha value is -2.99. The van der Waals surface area contributed by atoms with E-state index in [1.807, 2.05) is 17.9 Å². The fourth-order valence-corrected chi connectivity index (χ4v) is 3.58. The molecule has 2 aromatic carbocycles. The number of ketones is 1. The van der Waals surface area contributed by atoms with Crippen molar-refractivity contribution in [3.63, 3.8) is 0 Å². The number of anilines is 1. The first-order chi connectivity index (χ1) is 13.4. The van der Waals surface area contributed by atoms with E-state index in [4.69, 9.17) is 0 Å². The molecule has 1 aliphatic rings. The summed E-state index contributed by atoms with van der Waals surface area (Å²) >= 11 is 0. The van der Waals surface area contributed by atoms with Gasteiger partial charge in [0.1, 0.15) is 0 Å². The molecule has 0 aliphatic carbocycles. The van der Waals surface area contributed by atoms with Crippen LogP contribution in [0.5, 0.6) is 0 Å². The van der Waals surface area contributed by atoms with E-state index in [0.29, 0.717) is 29.9 Å². The van der Waals surface area contributed by atoms with Gasteiger partial charge in [-0.15, -0.1) is 0 Å². The van der Waals surface area contributed by atoms with Gasteiger partial charge in [-0.2, -0.15) is 0 Å². The van der Waals surface area contributed by atoms with Crippen molar-refractivity contribution in [3.8, 4) is 0 Å². The SMILES string of the molecule is CC(C(=O)Nc1ccccc1C(=O)c1ccccc1)N1C[C@@H](C)[C@H](C(=O)O)C1. The van der Waals surface area contributed by atoms with Crippen molar-refractivity contribution in [2.45, 2.75) is 19.9 Å². The number of para-hydroxylation sites is 1. The smallest absolute Gasteiger partial charge is 0.308 e. The predicted octanol–water partition coefficient (Wildman–Crippen LogP) is 2.90. The van der Waals surface area contributed by atoms with E-state index < -0.39 is 17.9 Å². The first-order valence-corrected chi connectivity index (χ1v) is 9.35. The third-order valence-corrected chi connectivity index (χ3v) is 5.35. The Balaban J connectivity index is 1.75. The van der Waals surface area contributed by atoms with Crippen molar-refractivity contribution in [2.75, 3.05) is 18.4 Å². The van der Waals surface area contributed by atoms with Crippen LogP contribution in [0.25, 0.3) is 0 Å². The van der Waals surface area contributed by atoms with Crippen molar-refractivity contribution >= 4 is 23.3 Å². The number of likely N-dealkylation sites (tertiary alicyclic amines) is 1. The molecule has 3 rings (SSSR count). The second-order valence-electron chi connectivity index (χ2n) is 7.28. The molecule has 146 valence electrons. The van der Waals surface area contributed by atoms with Crippen molar-refractivity contribution in [3.05, 3.63) is 65.7 Å². The third-order valence-electron chi connectivity index (χ3n) is 5.35. The van der Waals surface area contributed by atoms with Gasteiger partial charge in [0.2, 0.25) is 5.91 Å². The standard InChI is InChI=1S/C22H24N2O4/c1-14-12-24(13-18(14)22(27)28)15(2)21(26)23-19-11-7-6-10-17(19)20(25)16-8-4-3-5-9-16/h3-11,14-15,18H,12-13H2,1-2H3,(H,23,26)(H,27,28)/t14-,15?,18-/m1/s1. The summed E-state index contributed by atoms with van der Waals surface area (Å²) in [6.07, 6.45) is 0. The molecule has 6 heteroatoms. The lowest BCUT2D eigenvalue weighted by Crippen LogP contribution is -2.41. The maximum absolute atomic E-state index is 12.8. The van der Waals surface area contributed by atoms with Crippen LogP contribution in [-0.2, 0) is 9.59 Å². The molecule has 2 N–H and O–H groups in total. The van der Waals surface area contributed by atoms with E-state index in [9.17, 15) is 19.5 Å². The van der Waals surface area contributed by atoms with E-state index in [0.717, 1.165) is 0 Å². The average Bonchev–Trinajstić information content (AvgIpc) is 3.10. The van der Waals surface area contributed by atoms with Gasteiger partial charge < -0.3 is 10.4 Å². The number of nitrogens with one attached hydrogen (secondary N) is 1. The van der Waals surface area contributed by atoms with Gasteiger partial charge in [-0.25, -0.2) is 0 Å². The molecule has 6 nitrogen and oxygen atoms in total. The highest BCUT2D eigenvalue weighted by Gasteiger charge is 2.38. The Labute approximate surface area is 164 Å². The Morgan fingerprint density at radius 3 is 2.32 bits per heavy atom. The highest BCUT2D eigenvalue weighted by molar-refractivity contribution is 6.14. The highest BCUT2D eigenvalue weighted by Crippen LogP contribution is 2.26. The molecule has 1 fully saturated rings. The van der Waals surface area contributed by atoms with Crippen LogP contribution in [0.1, 0.15) is 29.8 Å². The van der Waals surface area contributed by atoms with Crippen molar-refractivity contribution in [1.82, 2.24) is 4.90 Å². The number of carboxylic acid groups (broad SMARTS) is 1. The summed E-state index contributed by atoms with van der Waals surface area (Å²) in [5.74, 6) is -1.74. The molecule has 1 unspecified atom stereocenters. The quantitative estimate of drug-likeness (QED) is 0.753. The molecule has 1 aliphatic heterocycles. The first-order valence-electron chi connectivity index (χ1n) is 9.35. The molecule has 3 atom stereocenters. The molecule has 0 aromatic heterocycles. The number of hydrogen-bond donors (Lipinski definition) is 2. The Morgan fingerprint density at radius 2 is 1.68 bits per heavy atom. The van der Waals surface area contributed by atoms with Crippen molar-refractivity contribution < 1.29 is 19.5 Å². The topological polar surface area (TPSA) is 86.7 Å². The number of nitrogens with zero attached hydrogens (tertiary/aromatic N) is 1. The van der Waals surface area contributed by atoms with Gasteiger partial charge in [0, 0.05) is 24.2 Å². The summed E-state index contributed by atoms with van der Waals surface area (Å²) in [7, 11) is 0. The molecule has 0 radical (unpaired) electrons. The summed E-state index contributed by atoms with van der Waals surface area (Å²) in [6.45, 7) is 4.54. The van der Waals surface area contributed by atoms with Crippen molar-refractivity contribution in [1.29, 1.82) is 0 Å². The van der Waals surface area contributed by atoms with E-state index in [-0.39, 0.29) is 17.6 Å². The Kier molecular flexibility index (Phi) is 5.90. The van der Waals surface area contributed by atoms with E-state index in [1.165, 1.54) is 0 Å². The molecular formula is C22H24N2O4. The lowest BCUT2D eigenvalue weighted by molar-refractivity contribution is -0.142. The van der Waals surface area contributed by atoms with Gasteiger partial charge in [-0.1, -0.05) is 49.4 Å². The maximum atomic E-state index is 12.8. The molecule has 28 heavy (non-hydrogen) atoms. The minimum absolute atomic E-state index is 0.0142. The summed E-state index contributed by atoms with van der Waals surface area (Å²) < 4.78 is 0. The molecule has 1 amide bonds. The maximum Gasteiger partial charge on any atom is 0.308 e. The summed E-state index contributed by atoms with van der Waals surface area (Å²) in [5.41, 5.74) is 1.43. The van der Waals surface area contributed by atoms with Crippen LogP contribution < -0.4 is 5.32 Å². The minimum atomic E-state index is -0.832. The van der Waals surface area contributed by atoms with Crippen LogP contribution in [0.2, 0.25) is 0 Å². The van der Waals surface area contributed by atoms with Crippen molar-refractivity contribution in [2.24, 2.45) is 11.8 Å². The summed E-state index contributed by atoms with van der Waals surface area (Å²) in [6, 6.07) is 15.3. The summed E-state index contributed by atoms with van der Waals surface area (Å²) in [5, 5.41) is 12.1. The van der Waals surface area contributed by atoms with Gasteiger partial charge in [-0.3, -0.25) is 19.3 Å².